The van der Waals surface area contributed by atoms with Gasteiger partial charge in [0.1, 0.15) is 6.04 Å². The van der Waals surface area contributed by atoms with Crippen LogP contribution in [0.4, 0.5) is 0 Å². The lowest BCUT2D eigenvalue weighted by atomic mass is 10.0. The van der Waals surface area contributed by atoms with E-state index >= 15 is 0 Å². The van der Waals surface area contributed by atoms with Gasteiger partial charge in [0.05, 0.1) is 0 Å². The predicted octanol–water partition coefficient (Wildman–Crippen LogP) is 1.06. The standard InChI is InChI=1S/C15H19N3O2.ClH/c1-2-13-14(19)17-5-6-18(13)15(20)10-3-4-11-8-16-9-12(11)7-10;/h3-4,7,13,16H,2,5-6,8-9H2,1H3,(H,17,19);1H. The summed E-state index contributed by atoms with van der Waals surface area (Å²) in [6.07, 6.45) is 0.643. The van der Waals surface area contributed by atoms with Crippen molar-refractivity contribution >= 4 is 24.2 Å². The normalized spacial score (nSPS) is 20.5. The summed E-state index contributed by atoms with van der Waals surface area (Å²) in [6, 6.07) is 5.49. The monoisotopic (exact) mass is 309 g/mol. The van der Waals surface area contributed by atoms with Crippen LogP contribution in [0.5, 0.6) is 0 Å². The molecule has 0 bridgehead atoms. The van der Waals surface area contributed by atoms with Crippen LogP contribution in [-0.4, -0.2) is 35.8 Å². The first kappa shape index (κ1) is 15.8. The van der Waals surface area contributed by atoms with Gasteiger partial charge < -0.3 is 15.5 Å². The van der Waals surface area contributed by atoms with Gasteiger partial charge in [-0.3, -0.25) is 9.59 Å². The number of carbonyl (C=O) groups is 2. The number of halogens is 1. The Morgan fingerprint density at radius 1 is 1.33 bits per heavy atom. The third-order valence-corrected chi connectivity index (χ3v) is 4.06. The van der Waals surface area contributed by atoms with Crippen LogP contribution < -0.4 is 10.6 Å². The number of carbonyl (C=O) groups excluding carboxylic acids is 2. The maximum absolute atomic E-state index is 12.6. The van der Waals surface area contributed by atoms with Crippen LogP contribution in [0.2, 0.25) is 0 Å². The summed E-state index contributed by atoms with van der Waals surface area (Å²) in [5.41, 5.74) is 3.12. The molecule has 2 aliphatic rings. The Bertz CT molecular complexity index is 562. The number of hydrogen-bond donors (Lipinski definition) is 2. The van der Waals surface area contributed by atoms with Gasteiger partial charge in [0, 0.05) is 31.7 Å². The molecule has 0 spiro atoms. The molecule has 0 aliphatic carbocycles. The highest BCUT2D eigenvalue weighted by Gasteiger charge is 2.32. The number of nitrogens with zero attached hydrogens (tertiary/aromatic N) is 1. The Morgan fingerprint density at radius 2 is 2.10 bits per heavy atom. The van der Waals surface area contributed by atoms with Crippen LogP contribution in [0.3, 0.4) is 0 Å². The molecule has 1 aromatic rings. The van der Waals surface area contributed by atoms with E-state index < -0.39 is 0 Å². The molecular weight excluding hydrogens is 290 g/mol. The number of amides is 2. The summed E-state index contributed by atoms with van der Waals surface area (Å²) in [4.78, 5) is 26.2. The summed E-state index contributed by atoms with van der Waals surface area (Å²) < 4.78 is 0. The quantitative estimate of drug-likeness (QED) is 0.859. The molecule has 1 saturated heterocycles. The van der Waals surface area contributed by atoms with Gasteiger partial charge in [0.15, 0.2) is 0 Å². The summed E-state index contributed by atoms with van der Waals surface area (Å²) in [5.74, 6) is -0.0867. The Hall–Kier alpha value is -1.59. The SMILES string of the molecule is CCC1C(=O)NCCN1C(=O)c1ccc2c(c1)CNC2.Cl. The average molecular weight is 310 g/mol. The predicted molar refractivity (Wildman–Crippen MR) is 82.4 cm³/mol. The Balaban J connectivity index is 0.00000161. The molecule has 1 aromatic carbocycles. The molecule has 2 amide bonds. The van der Waals surface area contributed by atoms with Gasteiger partial charge in [0.2, 0.25) is 5.91 Å². The zero-order valence-electron chi connectivity index (χ0n) is 12.0. The molecule has 1 atom stereocenters. The van der Waals surface area contributed by atoms with Crippen molar-refractivity contribution in [2.45, 2.75) is 32.5 Å². The highest BCUT2D eigenvalue weighted by molar-refractivity contribution is 5.98. The highest BCUT2D eigenvalue weighted by atomic mass is 35.5. The van der Waals surface area contributed by atoms with Crippen LogP contribution in [-0.2, 0) is 17.9 Å². The van der Waals surface area contributed by atoms with Crippen LogP contribution in [0, 0.1) is 0 Å². The molecule has 2 heterocycles. The molecule has 3 rings (SSSR count). The minimum atomic E-state index is -0.345. The van der Waals surface area contributed by atoms with Gasteiger partial charge in [0.25, 0.3) is 5.91 Å². The fourth-order valence-corrected chi connectivity index (χ4v) is 2.96. The van der Waals surface area contributed by atoms with E-state index in [1.807, 2.05) is 25.1 Å². The van der Waals surface area contributed by atoms with Crippen molar-refractivity contribution in [3.63, 3.8) is 0 Å². The molecule has 0 radical (unpaired) electrons. The van der Waals surface area contributed by atoms with Gasteiger partial charge in [-0.05, 0) is 29.7 Å². The number of hydrogen-bond acceptors (Lipinski definition) is 3. The van der Waals surface area contributed by atoms with Gasteiger partial charge in [-0.1, -0.05) is 13.0 Å². The van der Waals surface area contributed by atoms with E-state index in [1.54, 1.807) is 4.90 Å². The highest BCUT2D eigenvalue weighted by Crippen LogP contribution is 2.20. The Kier molecular flexibility index (Phi) is 4.85. The first-order valence-corrected chi connectivity index (χ1v) is 7.12. The average Bonchev–Trinajstić information content (AvgIpc) is 2.93. The summed E-state index contributed by atoms with van der Waals surface area (Å²) >= 11 is 0. The lowest BCUT2D eigenvalue weighted by Gasteiger charge is -2.34. The second-order valence-corrected chi connectivity index (χ2v) is 5.30. The third kappa shape index (κ3) is 2.89. The zero-order valence-corrected chi connectivity index (χ0v) is 12.8. The van der Waals surface area contributed by atoms with Crippen molar-refractivity contribution in [3.8, 4) is 0 Å². The van der Waals surface area contributed by atoms with E-state index in [0.717, 1.165) is 13.1 Å². The van der Waals surface area contributed by atoms with Crippen molar-refractivity contribution in [1.82, 2.24) is 15.5 Å². The van der Waals surface area contributed by atoms with Gasteiger partial charge in [-0.25, -0.2) is 0 Å². The van der Waals surface area contributed by atoms with E-state index in [0.29, 0.717) is 25.1 Å². The first-order chi connectivity index (χ1) is 9.70. The van der Waals surface area contributed by atoms with Crippen LogP contribution in [0.25, 0.3) is 0 Å². The molecule has 5 nitrogen and oxygen atoms in total. The molecule has 1 fully saturated rings. The van der Waals surface area contributed by atoms with E-state index in [2.05, 4.69) is 10.6 Å². The summed E-state index contributed by atoms with van der Waals surface area (Å²) in [6.45, 7) is 4.73. The molecule has 21 heavy (non-hydrogen) atoms. The second kappa shape index (κ2) is 6.45. The van der Waals surface area contributed by atoms with E-state index in [9.17, 15) is 9.59 Å². The van der Waals surface area contributed by atoms with Crippen molar-refractivity contribution in [2.24, 2.45) is 0 Å². The molecule has 114 valence electrons. The van der Waals surface area contributed by atoms with Crippen LogP contribution in [0.1, 0.15) is 34.8 Å². The molecule has 2 N–H and O–H groups in total. The molecule has 6 heteroatoms. The molecule has 2 aliphatic heterocycles. The van der Waals surface area contributed by atoms with Crippen molar-refractivity contribution < 1.29 is 9.59 Å². The maximum atomic E-state index is 12.6. The number of rotatable bonds is 2. The number of nitrogens with one attached hydrogen (secondary N) is 2. The van der Waals surface area contributed by atoms with E-state index in [1.165, 1.54) is 11.1 Å². The van der Waals surface area contributed by atoms with Gasteiger partial charge in [-0.15, -0.1) is 12.4 Å². The zero-order chi connectivity index (χ0) is 14.1. The fourth-order valence-electron chi connectivity index (χ4n) is 2.96. The first-order valence-electron chi connectivity index (χ1n) is 7.12. The van der Waals surface area contributed by atoms with Crippen molar-refractivity contribution in [3.05, 3.63) is 34.9 Å². The minimum absolute atomic E-state index is 0. The topological polar surface area (TPSA) is 61.4 Å². The van der Waals surface area contributed by atoms with Crippen LogP contribution in [0.15, 0.2) is 18.2 Å². The van der Waals surface area contributed by atoms with Gasteiger partial charge in [-0.2, -0.15) is 0 Å². The van der Waals surface area contributed by atoms with Gasteiger partial charge >= 0.3 is 0 Å². The summed E-state index contributed by atoms with van der Waals surface area (Å²) in [7, 11) is 0. The molecule has 0 aromatic heterocycles. The molecule has 1 unspecified atom stereocenters. The Labute approximate surface area is 130 Å². The lowest BCUT2D eigenvalue weighted by Crippen LogP contribution is -2.56. The maximum Gasteiger partial charge on any atom is 0.254 e. The van der Waals surface area contributed by atoms with E-state index in [4.69, 9.17) is 0 Å². The smallest absolute Gasteiger partial charge is 0.254 e. The summed E-state index contributed by atoms with van der Waals surface area (Å²) in [5, 5.41) is 6.09. The van der Waals surface area contributed by atoms with Crippen molar-refractivity contribution in [1.29, 1.82) is 0 Å². The number of piperazine rings is 1. The van der Waals surface area contributed by atoms with Crippen molar-refractivity contribution in [2.75, 3.05) is 13.1 Å². The minimum Gasteiger partial charge on any atom is -0.353 e. The molecule has 0 saturated carbocycles. The van der Waals surface area contributed by atoms with Crippen LogP contribution >= 0.6 is 12.4 Å². The van der Waals surface area contributed by atoms with E-state index in [-0.39, 0.29) is 30.3 Å². The second-order valence-electron chi connectivity index (χ2n) is 5.30. The third-order valence-electron chi connectivity index (χ3n) is 4.06. The molecular formula is C15H20ClN3O2. The lowest BCUT2D eigenvalue weighted by molar-refractivity contribution is -0.127. The Morgan fingerprint density at radius 3 is 2.86 bits per heavy atom. The largest absolute Gasteiger partial charge is 0.353 e. The number of benzene rings is 1. The number of fused-ring (bicyclic) bond motifs is 1. The fraction of sp³-hybridized carbons (Fsp3) is 0.467.